The number of aryl methyl sites for hydroxylation is 2. The van der Waals surface area contributed by atoms with Crippen molar-refractivity contribution in [3.63, 3.8) is 0 Å². The van der Waals surface area contributed by atoms with Crippen molar-refractivity contribution >= 4 is 11.3 Å². The second-order valence-corrected chi connectivity index (χ2v) is 5.25. The van der Waals surface area contributed by atoms with E-state index < -0.39 is 0 Å². The summed E-state index contributed by atoms with van der Waals surface area (Å²) in [5.74, 6) is 0. The summed E-state index contributed by atoms with van der Waals surface area (Å²) in [6, 6.07) is 0.469. The van der Waals surface area contributed by atoms with Crippen LogP contribution >= 0.6 is 11.3 Å². The highest BCUT2D eigenvalue weighted by molar-refractivity contribution is 7.11. The molecule has 0 amide bonds. The molecule has 1 aromatic heterocycles. The first-order chi connectivity index (χ1) is 7.69. The summed E-state index contributed by atoms with van der Waals surface area (Å²) in [7, 11) is 0. The smallest absolute Gasteiger partial charge is 0.0900 e. The van der Waals surface area contributed by atoms with Crippen molar-refractivity contribution in [2.24, 2.45) is 0 Å². The minimum Gasteiger partial charge on any atom is -0.309 e. The second kappa shape index (κ2) is 6.81. The molecule has 0 saturated heterocycles. The maximum absolute atomic E-state index is 4.50. The Morgan fingerprint density at radius 3 is 2.75 bits per heavy atom. The van der Waals surface area contributed by atoms with Gasteiger partial charge < -0.3 is 5.32 Å². The molecule has 16 heavy (non-hydrogen) atoms. The highest BCUT2D eigenvalue weighted by Gasteiger charge is 2.15. The van der Waals surface area contributed by atoms with E-state index in [1.807, 2.05) is 17.4 Å². The average Bonchev–Trinajstić information content (AvgIpc) is 2.57. The van der Waals surface area contributed by atoms with Crippen LogP contribution in [-0.2, 0) is 0 Å². The highest BCUT2D eigenvalue weighted by Crippen LogP contribution is 2.28. The molecule has 0 fully saturated rings. The number of thiazole rings is 1. The molecule has 0 saturated carbocycles. The van der Waals surface area contributed by atoms with Gasteiger partial charge in [0.2, 0.25) is 0 Å². The van der Waals surface area contributed by atoms with Gasteiger partial charge in [0, 0.05) is 10.9 Å². The SMILES string of the molecule is C=CCCCC(NCC)c1sc(C)nc1C. The minimum atomic E-state index is 0.469. The van der Waals surface area contributed by atoms with E-state index in [4.69, 9.17) is 0 Å². The lowest BCUT2D eigenvalue weighted by molar-refractivity contribution is 0.504. The van der Waals surface area contributed by atoms with Gasteiger partial charge in [0.1, 0.15) is 0 Å². The van der Waals surface area contributed by atoms with Crippen molar-refractivity contribution in [1.29, 1.82) is 0 Å². The number of allylic oxidation sites excluding steroid dienone is 1. The van der Waals surface area contributed by atoms with Crippen LogP contribution in [0.3, 0.4) is 0 Å². The van der Waals surface area contributed by atoms with Crippen molar-refractivity contribution in [2.75, 3.05) is 6.54 Å². The van der Waals surface area contributed by atoms with Crippen molar-refractivity contribution in [3.05, 3.63) is 28.2 Å². The van der Waals surface area contributed by atoms with Gasteiger partial charge in [-0.05, 0) is 39.7 Å². The molecule has 3 heteroatoms. The lowest BCUT2D eigenvalue weighted by Crippen LogP contribution is -2.20. The third-order valence-corrected chi connectivity index (χ3v) is 3.79. The Morgan fingerprint density at radius 2 is 2.25 bits per heavy atom. The third-order valence-electron chi connectivity index (χ3n) is 2.61. The zero-order valence-corrected chi connectivity index (χ0v) is 11.4. The van der Waals surface area contributed by atoms with Gasteiger partial charge in [-0.3, -0.25) is 0 Å². The summed E-state index contributed by atoms with van der Waals surface area (Å²) in [6.07, 6.45) is 5.45. The predicted octanol–water partition coefficient (Wildman–Crippen LogP) is 3.77. The van der Waals surface area contributed by atoms with E-state index in [0.29, 0.717) is 6.04 Å². The quantitative estimate of drug-likeness (QED) is 0.578. The molecule has 1 heterocycles. The van der Waals surface area contributed by atoms with E-state index >= 15 is 0 Å². The van der Waals surface area contributed by atoms with E-state index in [-0.39, 0.29) is 0 Å². The summed E-state index contributed by atoms with van der Waals surface area (Å²) >= 11 is 1.82. The van der Waals surface area contributed by atoms with Gasteiger partial charge in [-0.1, -0.05) is 13.0 Å². The van der Waals surface area contributed by atoms with E-state index in [0.717, 1.165) is 13.0 Å². The Bertz CT molecular complexity index is 331. The van der Waals surface area contributed by atoms with Crippen LogP contribution in [0.5, 0.6) is 0 Å². The molecular weight excluding hydrogens is 216 g/mol. The molecule has 0 bridgehead atoms. The summed E-state index contributed by atoms with van der Waals surface area (Å²) in [5, 5.41) is 4.71. The number of nitrogens with one attached hydrogen (secondary N) is 1. The molecule has 90 valence electrons. The third kappa shape index (κ3) is 3.72. The van der Waals surface area contributed by atoms with E-state index in [9.17, 15) is 0 Å². The zero-order valence-electron chi connectivity index (χ0n) is 10.5. The van der Waals surface area contributed by atoms with Crippen LogP contribution in [0, 0.1) is 13.8 Å². The Labute approximate surface area is 103 Å². The molecule has 1 unspecified atom stereocenters. The Balaban J connectivity index is 2.68. The van der Waals surface area contributed by atoms with Crippen LogP contribution in [-0.4, -0.2) is 11.5 Å². The molecule has 2 nitrogen and oxygen atoms in total. The molecule has 0 aliphatic carbocycles. The van der Waals surface area contributed by atoms with Crippen LogP contribution in [0.1, 0.15) is 47.8 Å². The fourth-order valence-corrected chi connectivity index (χ4v) is 2.95. The topological polar surface area (TPSA) is 24.9 Å². The Kier molecular flexibility index (Phi) is 5.71. The van der Waals surface area contributed by atoms with E-state index in [1.165, 1.54) is 28.4 Å². The van der Waals surface area contributed by atoms with Crippen LogP contribution in [0.15, 0.2) is 12.7 Å². The van der Waals surface area contributed by atoms with Crippen LogP contribution in [0.4, 0.5) is 0 Å². The minimum absolute atomic E-state index is 0.469. The fraction of sp³-hybridized carbons (Fsp3) is 0.615. The van der Waals surface area contributed by atoms with Crippen molar-refractivity contribution in [3.8, 4) is 0 Å². The molecular formula is C13H22N2S. The first-order valence-corrected chi connectivity index (χ1v) is 6.78. The lowest BCUT2D eigenvalue weighted by atomic mass is 10.1. The molecule has 1 N–H and O–H groups in total. The number of rotatable bonds is 7. The summed E-state index contributed by atoms with van der Waals surface area (Å²) in [6.45, 7) is 11.1. The van der Waals surface area contributed by atoms with E-state index in [1.54, 1.807) is 0 Å². The Hall–Kier alpha value is -0.670. The van der Waals surface area contributed by atoms with Gasteiger partial charge in [0.15, 0.2) is 0 Å². The first kappa shape index (κ1) is 13.4. The van der Waals surface area contributed by atoms with Crippen molar-refractivity contribution in [1.82, 2.24) is 10.3 Å². The fourth-order valence-electron chi connectivity index (χ4n) is 1.91. The molecule has 0 aliphatic rings. The number of nitrogens with zero attached hydrogens (tertiary/aromatic N) is 1. The van der Waals surface area contributed by atoms with Crippen LogP contribution in [0.2, 0.25) is 0 Å². The van der Waals surface area contributed by atoms with Crippen LogP contribution in [0.25, 0.3) is 0 Å². The van der Waals surface area contributed by atoms with E-state index in [2.05, 4.69) is 37.7 Å². The zero-order chi connectivity index (χ0) is 12.0. The van der Waals surface area contributed by atoms with Gasteiger partial charge >= 0.3 is 0 Å². The lowest BCUT2D eigenvalue weighted by Gasteiger charge is -2.16. The van der Waals surface area contributed by atoms with Gasteiger partial charge in [-0.15, -0.1) is 17.9 Å². The maximum Gasteiger partial charge on any atom is 0.0900 e. The maximum atomic E-state index is 4.50. The van der Waals surface area contributed by atoms with Crippen LogP contribution < -0.4 is 5.32 Å². The molecule has 0 aromatic carbocycles. The van der Waals surface area contributed by atoms with Gasteiger partial charge in [0.05, 0.1) is 10.7 Å². The largest absolute Gasteiger partial charge is 0.309 e. The monoisotopic (exact) mass is 238 g/mol. The number of aromatic nitrogens is 1. The highest BCUT2D eigenvalue weighted by atomic mass is 32.1. The van der Waals surface area contributed by atoms with Gasteiger partial charge in [0.25, 0.3) is 0 Å². The second-order valence-electron chi connectivity index (χ2n) is 4.01. The van der Waals surface area contributed by atoms with Gasteiger partial charge in [-0.25, -0.2) is 4.98 Å². The average molecular weight is 238 g/mol. The molecule has 0 aliphatic heterocycles. The normalized spacial score (nSPS) is 12.7. The standard InChI is InChI=1S/C13H22N2S/c1-5-7-8-9-12(14-6-2)13-10(3)15-11(4)16-13/h5,12,14H,1,6-9H2,2-4H3. The Morgan fingerprint density at radius 1 is 1.50 bits per heavy atom. The predicted molar refractivity (Wildman–Crippen MR) is 72.1 cm³/mol. The first-order valence-electron chi connectivity index (χ1n) is 5.97. The number of unbranched alkanes of at least 4 members (excludes halogenated alkanes) is 1. The number of hydrogen-bond acceptors (Lipinski definition) is 3. The molecule has 0 spiro atoms. The summed E-state index contributed by atoms with van der Waals surface area (Å²) in [5.41, 5.74) is 1.19. The molecule has 1 aromatic rings. The van der Waals surface area contributed by atoms with Gasteiger partial charge in [-0.2, -0.15) is 0 Å². The summed E-state index contributed by atoms with van der Waals surface area (Å²) in [4.78, 5) is 5.91. The summed E-state index contributed by atoms with van der Waals surface area (Å²) < 4.78 is 0. The molecule has 1 rings (SSSR count). The van der Waals surface area contributed by atoms with Crippen molar-refractivity contribution in [2.45, 2.75) is 46.1 Å². The molecule has 1 atom stereocenters. The number of hydrogen-bond donors (Lipinski definition) is 1. The molecule has 0 radical (unpaired) electrons. The van der Waals surface area contributed by atoms with Crippen molar-refractivity contribution < 1.29 is 0 Å².